The minimum atomic E-state index is 0.752. The molecule has 0 aromatic heterocycles. The third-order valence-corrected chi connectivity index (χ3v) is 4.63. The molecule has 0 aliphatic heterocycles. The summed E-state index contributed by atoms with van der Waals surface area (Å²) in [5.41, 5.74) is 1.07. The molecule has 1 aliphatic rings. The molecule has 0 bridgehead atoms. The highest BCUT2D eigenvalue weighted by Gasteiger charge is 2.18. The van der Waals surface area contributed by atoms with Gasteiger partial charge >= 0.3 is 0 Å². The van der Waals surface area contributed by atoms with E-state index < -0.39 is 0 Å². The number of benzene rings is 1. The van der Waals surface area contributed by atoms with Crippen molar-refractivity contribution in [2.24, 2.45) is 11.8 Å². The van der Waals surface area contributed by atoms with Gasteiger partial charge in [0.2, 0.25) is 0 Å². The number of halogens is 1. The molecule has 106 valence electrons. The first-order chi connectivity index (χ1) is 9.78. The Kier molecular flexibility index (Phi) is 6.40. The fraction of sp³-hybridized carbons (Fsp3) is 0.474. The zero-order valence-electron chi connectivity index (χ0n) is 12.2. The van der Waals surface area contributed by atoms with E-state index in [1.54, 1.807) is 0 Å². The van der Waals surface area contributed by atoms with Crippen molar-refractivity contribution < 1.29 is 0 Å². The average molecular weight is 331 g/mol. The summed E-state index contributed by atoms with van der Waals surface area (Å²) in [6.07, 6.45) is 12.6. The molecule has 1 aliphatic carbocycles. The van der Waals surface area contributed by atoms with Crippen molar-refractivity contribution in [3.63, 3.8) is 0 Å². The van der Waals surface area contributed by atoms with E-state index in [1.165, 1.54) is 38.5 Å². The van der Waals surface area contributed by atoms with Gasteiger partial charge in [-0.25, -0.2) is 0 Å². The molecule has 0 heterocycles. The molecule has 1 heteroatoms. The molecule has 1 saturated carbocycles. The lowest BCUT2D eigenvalue weighted by Gasteiger charge is -2.26. The Morgan fingerprint density at radius 2 is 1.85 bits per heavy atom. The molecule has 1 aromatic carbocycles. The topological polar surface area (TPSA) is 0 Å². The molecule has 0 unspecified atom stereocenters. The van der Waals surface area contributed by atoms with Gasteiger partial charge in [-0.05, 0) is 67.9 Å². The molecule has 0 nitrogen and oxygen atoms in total. The monoisotopic (exact) mass is 330 g/mol. The normalized spacial score (nSPS) is 22.5. The summed E-state index contributed by atoms with van der Waals surface area (Å²) in [6.45, 7) is 2.30. The van der Waals surface area contributed by atoms with Gasteiger partial charge in [-0.1, -0.05) is 53.6 Å². The molecule has 0 amide bonds. The first-order valence-electron chi connectivity index (χ1n) is 7.71. The van der Waals surface area contributed by atoms with Crippen LogP contribution in [0.3, 0.4) is 0 Å². The molecule has 0 N–H and O–H groups in total. The van der Waals surface area contributed by atoms with E-state index in [2.05, 4.69) is 40.8 Å². The number of hydrogen-bond acceptors (Lipinski definition) is 0. The third-order valence-electron chi connectivity index (χ3n) is 4.10. The van der Waals surface area contributed by atoms with E-state index in [1.807, 2.05) is 30.3 Å². The summed E-state index contributed by atoms with van der Waals surface area (Å²) >= 11 is 3.43. The van der Waals surface area contributed by atoms with Gasteiger partial charge in [0.05, 0.1) is 0 Å². The van der Waals surface area contributed by atoms with E-state index in [0.29, 0.717) is 0 Å². The third kappa shape index (κ3) is 5.17. The maximum absolute atomic E-state index is 3.43. The van der Waals surface area contributed by atoms with E-state index in [-0.39, 0.29) is 0 Å². The Balaban J connectivity index is 1.79. The van der Waals surface area contributed by atoms with Crippen LogP contribution in [0.5, 0.6) is 0 Å². The van der Waals surface area contributed by atoms with Crippen LogP contribution >= 0.6 is 15.9 Å². The maximum Gasteiger partial charge on any atom is 0.0249 e. The molecule has 0 radical (unpaired) electrons. The molecule has 1 aromatic rings. The van der Waals surface area contributed by atoms with Gasteiger partial charge in [-0.3, -0.25) is 0 Å². The van der Waals surface area contributed by atoms with Crippen LogP contribution in [0.1, 0.15) is 51.0 Å². The van der Waals surface area contributed by atoms with Gasteiger partial charge in [-0.15, -0.1) is 0 Å². The second-order valence-electron chi connectivity index (χ2n) is 5.70. The Hall–Kier alpha value is -1.000. The van der Waals surface area contributed by atoms with E-state index in [9.17, 15) is 0 Å². The Morgan fingerprint density at radius 3 is 2.50 bits per heavy atom. The Labute approximate surface area is 131 Å². The fourth-order valence-corrected chi connectivity index (χ4v) is 3.18. The van der Waals surface area contributed by atoms with Crippen molar-refractivity contribution >= 4 is 15.9 Å². The van der Waals surface area contributed by atoms with Crippen LogP contribution < -0.4 is 0 Å². The standard InChI is InChI=1S/C19H23Br/c1-2-5-16-8-10-17(11-9-16)6-3-4-7-18-12-14-19(20)15-13-18/h3,6,12-17H,2,5,8-11H2,1H3/b6-3+. The first-order valence-corrected chi connectivity index (χ1v) is 8.51. The predicted octanol–water partition coefficient (Wildman–Crippen LogP) is 5.96. The van der Waals surface area contributed by atoms with Crippen LogP contribution in [0.2, 0.25) is 0 Å². The SMILES string of the molecule is CCCC1CCC(/C=C/C#Cc2ccc(Br)cc2)CC1. The van der Waals surface area contributed by atoms with Crippen molar-refractivity contribution in [2.45, 2.75) is 45.4 Å². The molecule has 0 spiro atoms. The minimum Gasteiger partial charge on any atom is -0.0730 e. The lowest BCUT2D eigenvalue weighted by Crippen LogP contribution is -2.12. The van der Waals surface area contributed by atoms with Gasteiger partial charge in [-0.2, -0.15) is 0 Å². The molecular formula is C19H23Br. The maximum atomic E-state index is 3.43. The summed E-state index contributed by atoms with van der Waals surface area (Å²) in [5.74, 6) is 8.08. The zero-order chi connectivity index (χ0) is 14.2. The molecule has 20 heavy (non-hydrogen) atoms. The smallest absolute Gasteiger partial charge is 0.0249 e. The van der Waals surface area contributed by atoms with Gasteiger partial charge in [0.15, 0.2) is 0 Å². The molecule has 2 rings (SSSR count). The van der Waals surface area contributed by atoms with Crippen LogP contribution in [0.15, 0.2) is 40.9 Å². The number of hydrogen-bond donors (Lipinski definition) is 0. The molecule has 1 fully saturated rings. The summed E-state index contributed by atoms with van der Waals surface area (Å²) in [6, 6.07) is 8.15. The van der Waals surface area contributed by atoms with Gasteiger partial charge in [0.25, 0.3) is 0 Å². The lowest BCUT2D eigenvalue weighted by molar-refractivity contribution is 0.294. The summed E-state index contributed by atoms with van der Waals surface area (Å²) in [5, 5.41) is 0. The molecule has 0 saturated heterocycles. The highest BCUT2D eigenvalue weighted by atomic mass is 79.9. The number of allylic oxidation sites excluding steroid dienone is 2. The molecular weight excluding hydrogens is 308 g/mol. The van der Waals surface area contributed by atoms with Gasteiger partial charge < -0.3 is 0 Å². The molecule has 0 atom stereocenters. The fourth-order valence-electron chi connectivity index (χ4n) is 2.92. The van der Waals surface area contributed by atoms with Crippen molar-refractivity contribution in [1.29, 1.82) is 0 Å². The highest BCUT2D eigenvalue weighted by Crippen LogP contribution is 2.31. The van der Waals surface area contributed by atoms with Crippen LogP contribution in [0, 0.1) is 23.7 Å². The lowest BCUT2D eigenvalue weighted by atomic mass is 9.80. The zero-order valence-corrected chi connectivity index (χ0v) is 13.8. The summed E-state index contributed by atoms with van der Waals surface area (Å²) in [4.78, 5) is 0. The van der Waals surface area contributed by atoms with Gasteiger partial charge in [0, 0.05) is 10.0 Å². The second kappa shape index (κ2) is 8.32. The minimum absolute atomic E-state index is 0.752. The van der Waals surface area contributed by atoms with Crippen LogP contribution in [-0.2, 0) is 0 Å². The van der Waals surface area contributed by atoms with Crippen LogP contribution in [0.25, 0.3) is 0 Å². The van der Waals surface area contributed by atoms with Crippen LogP contribution in [-0.4, -0.2) is 0 Å². The largest absolute Gasteiger partial charge is 0.0730 e. The predicted molar refractivity (Wildman–Crippen MR) is 90.5 cm³/mol. The second-order valence-corrected chi connectivity index (χ2v) is 6.62. The quantitative estimate of drug-likeness (QED) is 0.599. The highest BCUT2D eigenvalue weighted by molar-refractivity contribution is 9.10. The van der Waals surface area contributed by atoms with Gasteiger partial charge in [0.1, 0.15) is 0 Å². The van der Waals surface area contributed by atoms with Crippen molar-refractivity contribution in [1.82, 2.24) is 0 Å². The van der Waals surface area contributed by atoms with Crippen LogP contribution in [0.4, 0.5) is 0 Å². The van der Waals surface area contributed by atoms with Crippen molar-refractivity contribution in [2.75, 3.05) is 0 Å². The van der Waals surface area contributed by atoms with Crippen molar-refractivity contribution in [3.8, 4) is 11.8 Å². The van der Waals surface area contributed by atoms with Crippen molar-refractivity contribution in [3.05, 3.63) is 46.5 Å². The Bertz CT molecular complexity index is 479. The summed E-state index contributed by atoms with van der Waals surface area (Å²) in [7, 11) is 0. The average Bonchev–Trinajstić information content (AvgIpc) is 2.47. The van der Waals surface area contributed by atoms with E-state index in [4.69, 9.17) is 0 Å². The van der Waals surface area contributed by atoms with E-state index >= 15 is 0 Å². The van der Waals surface area contributed by atoms with E-state index in [0.717, 1.165) is 21.9 Å². The number of rotatable bonds is 3. The Morgan fingerprint density at radius 1 is 1.15 bits per heavy atom. The first kappa shape index (κ1) is 15.4. The summed E-state index contributed by atoms with van der Waals surface area (Å²) < 4.78 is 1.10.